The normalized spacial score (nSPS) is 37.8. The summed E-state index contributed by atoms with van der Waals surface area (Å²) in [7, 11) is 0. The molecule has 1 aromatic heterocycles. The van der Waals surface area contributed by atoms with Crippen LogP contribution < -0.4 is 10.1 Å². The number of rotatable bonds is 8. The first kappa shape index (κ1) is 18.6. The van der Waals surface area contributed by atoms with Gasteiger partial charge in [-0.1, -0.05) is 24.4 Å². The molecular weight excluding hydrogens is 380 g/mol. The van der Waals surface area contributed by atoms with E-state index < -0.39 is 0 Å². The summed E-state index contributed by atoms with van der Waals surface area (Å²) in [4.78, 5) is 16.1. The van der Waals surface area contributed by atoms with Gasteiger partial charge < -0.3 is 10.1 Å². The van der Waals surface area contributed by atoms with Gasteiger partial charge in [-0.3, -0.25) is 4.79 Å². The van der Waals surface area contributed by atoms with Gasteiger partial charge in [0.25, 0.3) is 5.91 Å². The van der Waals surface area contributed by atoms with E-state index in [2.05, 4.69) is 20.4 Å². The number of amides is 1. The van der Waals surface area contributed by atoms with Crippen molar-refractivity contribution in [3.05, 3.63) is 22.2 Å². The zero-order valence-electron chi connectivity index (χ0n) is 17.4. The van der Waals surface area contributed by atoms with Gasteiger partial charge in [0, 0.05) is 17.5 Å². The maximum atomic E-state index is 13.2. The first-order chi connectivity index (χ1) is 14.7. The molecule has 0 aliphatic heterocycles. The van der Waals surface area contributed by atoms with Crippen LogP contribution >= 0.6 is 0 Å². The van der Waals surface area contributed by atoms with Gasteiger partial charge in [-0.25, -0.2) is 4.68 Å². The van der Waals surface area contributed by atoms with Crippen molar-refractivity contribution >= 4 is 5.91 Å². The number of nitrogens with zero attached hydrogens (tertiary/aromatic N) is 5. The number of ether oxygens (including phenoxy) is 1. The highest BCUT2D eigenvalue weighted by atomic mass is 16.5. The quantitative estimate of drug-likeness (QED) is 0.397. The minimum atomic E-state index is -0.0566. The van der Waals surface area contributed by atoms with Gasteiger partial charge in [-0.05, 0) is 72.6 Å². The molecule has 0 aromatic carbocycles. The second-order valence-electron chi connectivity index (χ2n) is 10.4. The van der Waals surface area contributed by atoms with Crippen LogP contribution in [0.25, 0.3) is 10.4 Å². The van der Waals surface area contributed by atoms with Gasteiger partial charge in [0.15, 0.2) is 0 Å². The molecule has 1 aromatic rings. The van der Waals surface area contributed by atoms with E-state index in [0.717, 1.165) is 5.92 Å². The van der Waals surface area contributed by atoms with Crippen molar-refractivity contribution in [2.75, 3.05) is 13.2 Å². The SMILES string of the molecule is [N-]=[N+]=NCCn1ncc(C(=O)NC2C3CC4CC45CC25C3)c1OCC1CCCCC1. The predicted molar refractivity (Wildman–Crippen MR) is 110 cm³/mol. The Bertz CT molecular complexity index is 911. The van der Waals surface area contributed by atoms with Crippen molar-refractivity contribution in [3.8, 4) is 5.88 Å². The Hall–Kier alpha value is -2.21. The average Bonchev–Trinajstić information content (AvgIpc) is 3.61. The molecule has 5 aliphatic carbocycles. The van der Waals surface area contributed by atoms with Gasteiger partial charge in [-0.15, -0.1) is 0 Å². The van der Waals surface area contributed by atoms with Crippen molar-refractivity contribution in [2.45, 2.75) is 70.4 Å². The van der Waals surface area contributed by atoms with Crippen molar-refractivity contribution in [1.82, 2.24) is 15.1 Å². The molecule has 0 radical (unpaired) electrons. The van der Waals surface area contributed by atoms with Gasteiger partial charge in [0.1, 0.15) is 5.56 Å². The highest BCUT2D eigenvalue weighted by Crippen LogP contribution is 2.93. The Kier molecular flexibility index (Phi) is 4.11. The van der Waals surface area contributed by atoms with Crippen molar-refractivity contribution in [2.24, 2.45) is 33.7 Å². The summed E-state index contributed by atoms with van der Waals surface area (Å²) in [5.41, 5.74) is 10.1. The summed E-state index contributed by atoms with van der Waals surface area (Å²) in [5, 5.41) is 11.4. The number of azide groups is 1. The Morgan fingerprint density at radius 2 is 2.20 bits per heavy atom. The van der Waals surface area contributed by atoms with E-state index in [4.69, 9.17) is 10.3 Å². The molecule has 0 saturated heterocycles. The van der Waals surface area contributed by atoms with E-state index in [1.807, 2.05) is 0 Å². The van der Waals surface area contributed by atoms with Crippen molar-refractivity contribution in [1.29, 1.82) is 0 Å². The Balaban J connectivity index is 1.17. The van der Waals surface area contributed by atoms with Crippen LogP contribution in [0.5, 0.6) is 5.88 Å². The molecule has 5 unspecified atom stereocenters. The molecule has 2 spiro atoms. The third-order valence-corrected chi connectivity index (χ3v) is 8.99. The second kappa shape index (κ2) is 6.64. The Morgan fingerprint density at radius 3 is 3.03 bits per heavy atom. The first-order valence-corrected chi connectivity index (χ1v) is 11.7. The van der Waals surface area contributed by atoms with Crippen LogP contribution in [-0.2, 0) is 6.54 Å². The number of hydrogen-bond donors (Lipinski definition) is 1. The minimum absolute atomic E-state index is 0.0566. The number of hydrogen-bond acceptors (Lipinski definition) is 4. The number of carbonyl (C=O) groups is 1. The Morgan fingerprint density at radius 1 is 1.33 bits per heavy atom. The lowest BCUT2D eigenvalue weighted by Crippen LogP contribution is -2.58. The fourth-order valence-electron chi connectivity index (χ4n) is 7.37. The maximum absolute atomic E-state index is 13.2. The zero-order valence-corrected chi connectivity index (χ0v) is 17.4. The fourth-order valence-corrected chi connectivity index (χ4v) is 7.37. The molecule has 5 atom stereocenters. The van der Waals surface area contributed by atoms with E-state index in [1.54, 1.807) is 10.9 Å². The Labute approximate surface area is 176 Å². The molecule has 1 N–H and O–H groups in total. The summed E-state index contributed by atoms with van der Waals surface area (Å²) in [6.07, 6.45) is 13.1. The summed E-state index contributed by atoms with van der Waals surface area (Å²) in [5.74, 6) is 2.62. The summed E-state index contributed by atoms with van der Waals surface area (Å²) >= 11 is 0. The van der Waals surface area contributed by atoms with E-state index in [9.17, 15) is 4.79 Å². The third kappa shape index (κ3) is 2.62. The topological polar surface area (TPSA) is 105 Å². The third-order valence-electron chi connectivity index (χ3n) is 8.99. The summed E-state index contributed by atoms with van der Waals surface area (Å²) in [6.45, 7) is 1.32. The van der Waals surface area contributed by atoms with Crippen LogP contribution in [0.2, 0.25) is 0 Å². The standard InChI is InChI=1S/C22H30N6O2/c23-27-24-6-7-28-20(30-12-14-4-2-1-3-5-14)17(11-25-28)19(29)26-18-15-8-16-10-21(16)13-22(18,21)9-15/h11,14-16,18H,1-10,12-13H2,(H,26,29). The van der Waals surface area contributed by atoms with Gasteiger partial charge in [0.2, 0.25) is 5.88 Å². The molecule has 8 heteroatoms. The van der Waals surface area contributed by atoms with Crippen molar-refractivity contribution < 1.29 is 9.53 Å². The number of nitrogens with one attached hydrogen (secondary N) is 1. The van der Waals surface area contributed by atoms with Crippen LogP contribution in [0, 0.1) is 28.6 Å². The largest absolute Gasteiger partial charge is 0.477 e. The highest BCUT2D eigenvalue weighted by Gasteiger charge is 2.89. The lowest BCUT2D eigenvalue weighted by atomic mass is 9.59. The number of carbonyl (C=O) groups excluding carboxylic acids is 1. The maximum Gasteiger partial charge on any atom is 0.258 e. The van der Waals surface area contributed by atoms with E-state index in [0.29, 0.717) is 53.3 Å². The molecule has 160 valence electrons. The molecular formula is C22H30N6O2. The molecule has 1 amide bonds. The highest BCUT2D eigenvalue weighted by molar-refractivity contribution is 5.96. The van der Waals surface area contributed by atoms with Gasteiger partial charge in [0.05, 0.1) is 19.3 Å². The minimum Gasteiger partial charge on any atom is -0.477 e. The smallest absolute Gasteiger partial charge is 0.258 e. The van der Waals surface area contributed by atoms with E-state index in [1.165, 1.54) is 57.8 Å². The molecule has 5 saturated carbocycles. The zero-order chi connectivity index (χ0) is 20.3. The molecule has 8 nitrogen and oxygen atoms in total. The lowest BCUT2D eigenvalue weighted by molar-refractivity contribution is 0.0237. The predicted octanol–water partition coefficient (Wildman–Crippen LogP) is 4.07. The number of aromatic nitrogens is 2. The summed E-state index contributed by atoms with van der Waals surface area (Å²) < 4.78 is 7.88. The number of fused-ring (bicyclic) bond motifs is 1. The van der Waals surface area contributed by atoms with Crippen LogP contribution in [0.15, 0.2) is 11.3 Å². The fraction of sp³-hybridized carbons (Fsp3) is 0.818. The first-order valence-electron chi connectivity index (χ1n) is 11.7. The average molecular weight is 411 g/mol. The molecule has 2 bridgehead atoms. The molecule has 6 rings (SSSR count). The lowest BCUT2D eigenvalue weighted by Gasteiger charge is -2.50. The van der Waals surface area contributed by atoms with Crippen LogP contribution in [-0.4, -0.2) is 34.9 Å². The summed E-state index contributed by atoms with van der Waals surface area (Å²) in [6, 6.07) is 0.335. The molecule has 1 heterocycles. The molecule has 30 heavy (non-hydrogen) atoms. The van der Waals surface area contributed by atoms with E-state index in [-0.39, 0.29) is 12.5 Å². The monoisotopic (exact) mass is 410 g/mol. The molecule has 5 fully saturated rings. The second-order valence-corrected chi connectivity index (χ2v) is 10.4. The van der Waals surface area contributed by atoms with Crippen LogP contribution in [0.3, 0.4) is 0 Å². The molecule has 5 aliphatic rings. The van der Waals surface area contributed by atoms with Crippen molar-refractivity contribution in [3.63, 3.8) is 0 Å². The van der Waals surface area contributed by atoms with Gasteiger partial charge >= 0.3 is 0 Å². The van der Waals surface area contributed by atoms with Gasteiger partial charge in [-0.2, -0.15) is 5.10 Å². The van der Waals surface area contributed by atoms with E-state index >= 15 is 0 Å². The van der Waals surface area contributed by atoms with Crippen LogP contribution in [0.4, 0.5) is 0 Å². The van der Waals surface area contributed by atoms with Crippen LogP contribution in [0.1, 0.15) is 68.1 Å².